The number of fused-ring (bicyclic) bond motifs is 3. The maximum absolute atomic E-state index is 13.0. The van der Waals surface area contributed by atoms with Crippen LogP contribution in [0.2, 0.25) is 0 Å². The van der Waals surface area contributed by atoms with Gasteiger partial charge in [-0.15, -0.1) is 0 Å². The summed E-state index contributed by atoms with van der Waals surface area (Å²) in [5, 5.41) is 0. The fraction of sp³-hybridized carbons (Fsp3) is 0.533. The molecule has 0 atom stereocenters. The van der Waals surface area contributed by atoms with Crippen LogP contribution in [0.3, 0.4) is 0 Å². The second kappa shape index (κ2) is 3.66. The number of hydrogen-bond donors (Lipinski definition) is 0. The molecule has 3 saturated carbocycles. The summed E-state index contributed by atoms with van der Waals surface area (Å²) in [5.41, 5.74) is 1.46. The van der Waals surface area contributed by atoms with Gasteiger partial charge in [0, 0.05) is 5.41 Å². The van der Waals surface area contributed by atoms with Crippen LogP contribution in [0.15, 0.2) is 24.3 Å². The van der Waals surface area contributed by atoms with Crippen LogP contribution in [0.25, 0.3) is 0 Å². The zero-order valence-corrected chi connectivity index (χ0v) is 9.92. The summed E-state index contributed by atoms with van der Waals surface area (Å²) in [6.45, 7) is 0. The quantitative estimate of drug-likeness (QED) is 0.712. The van der Waals surface area contributed by atoms with Crippen molar-refractivity contribution in [3.8, 4) is 0 Å². The molecule has 4 rings (SSSR count). The molecule has 3 aliphatic rings. The lowest BCUT2D eigenvalue weighted by Gasteiger charge is -2.51. The van der Waals surface area contributed by atoms with Gasteiger partial charge in [-0.2, -0.15) is 0 Å². The third-order valence-electron chi connectivity index (χ3n) is 5.01. The van der Waals surface area contributed by atoms with Gasteiger partial charge in [-0.05, 0) is 61.6 Å². The number of hydrogen-bond acceptors (Lipinski definition) is 1. The monoisotopic (exact) mass is 232 g/mol. The largest absolute Gasteiger partial charge is 0.303 e. The van der Waals surface area contributed by atoms with Crippen LogP contribution >= 0.6 is 0 Å². The summed E-state index contributed by atoms with van der Waals surface area (Å²) in [7, 11) is 0. The molecule has 0 radical (unpaired) electrons. The molecule has 90 valence electrons. The number of halogens is 1. The molecule has 1 aromatic rings. The zero-order valence-electron chi connectivity index (χ0n) is 9.92. The van der Waals surface area contributed by atoms with Crippen molar-refractivity contribution in [2.24, 2.45) is 5.41 Å². The highest BCUT2D eigenvalue weighted by Gasteiger charge is 2.49. The van der Waals surface area contributed by atoms with E-state index in [2.05, 4.69) is 0 Å². The van der Waals surface area contributed by atoms with Crippen molar-refractivity contribution in [1.82, 2.24) is 0 Å². The molecule has 0 aromatic heterocycles. The minimum absolute atomic E-state index is 0.0260. The molecule has 0 amide bonds. The maximum atomic E-state index is 13.0. The molecular formula is C15H17FO. The molecule has 0 unspecified atom stereocenters. The van der Waals surface area contributed by atoms with E-state index in [4.69, 9.17) is 0 Å². The summed E-state index contributed by atoms with van der Waals surface area (Å²) in [6, 6.07) is 6.96. The van der Waals surface area contributed by atoms with Crippen molar-refractivity contribution in [3.05, 3.63) is 35.6 Å². The summed E-state index contributed by atoms with van der Waals surface area (Å²) >= 11 is 0. The van der Waals surface area contributed by atoms with E-state index in [0.717, 1.165) is 38.5 Å². The SMILES string of the molecule is O=CC12CCC(c3ccc(F)cc3)(CC1)CC2. The highest BCUT2D eigenvalue weighted by Crippen LogP contribution is 2.56. The summed E-state index contributed by atoms with van der Waals surface area (Å²) < 4.78 is 13.0. The van der Waals surface area contributed by atoms with Crippen LogP contribution in [0.4, 0.5) is 4.39 Å². The molecule has 0 aliphatic heterocycles. The predicted molar refractivity (Wildman–Crippen MR) is 64.3 cm³/mol. The average Bonchev–Trinajstić information content (AvgIpc) is 2.41. The van der Waals surface area contributed by atoms with E-state index >= 15 is 0 Å². The van der Waals surface area contributed by atoms with Gasteiger partial charge in [-0.25, -0.2) is 4.39 Å². The fourth-order valence-corrected chi connectivity index (χ4v) is 3.63. The third-order valence-corrected chi connectivity index (χ3v) is 5.01. The second-order valence-corrected chi connectivity index (χ2v) is 5.77. The first-order valence-corrected chi connectivity index (χ1v) is 6.41. The van der Waals surface area contributed by atoms with Gasteiger partial charge in [0.2, 0.25) is 0 Å². The zero-order chi connectivity index (χ0) is 11.9. The Morgan fingerprint density at radius 3 is 1.94 bits per heavy atom. The highest BCUT2D eigenvalue weighted by molar-refractivity contribution is 5.60. The Bertz CT molecular complexity index is 410. The molecule has 2 heteroatoms. The predicted octanol–water partition coefficient (Wildman–Crippen LogP) is 3.62. The van der Waals surface area contributed by atoms with Gasteiger partial charge in [0.05, 0.1) is 0 Å². The van der Waals surface area contributed by atoms with Crippen LogP contribution in [0, 0.1) is 11.2 Å². The minimum atomic E-state index is -0.168. The molecule has 1 nitrogen and oxygen atoms in total. The summed E-state index contributed by atoms with van der Waals surface area (Å²) in [5.74, 6) is -0.168. The highest BCUT2D eigenvalue weighted by atomic mass is 19.1. The number of carbonyl (C=O) groups excluding carboxylic acids is 1. The average molecular weight is 232 g/mol. The van der Waals surface area contributed by atoms with Crippen LogP contribution in [0.5, 0.6) is 0 Å². The third kappa shape index (κ3) is 1.62. The molecule has 17 heavy (non-hydrogen) atoms. The topological polar surface area (TPSA) is 17.1 Å². The van der Waals surface area contributed by atoms with Crippen molar-refractivity contribution < 1.29 is 9.18 Å². The van der Waals surface area contributed by atoms with Crippen molar-refractivity contribution in [1.29, 1.82) is 0 Å². The molecule has 0 N–H and O–H groups in total. The number of benzene rings is 1. The van der Waals surface area contributed by atoms with Crippen LogP contribution in [-0.4, -0.2) is 6.29 Å². The molecule has 2 bridgehead atoms. The lowest BCUT2D eigenvalue weighted by atomic mass is 9.52. The van der Waals surface area contributed by atoms with E-state index in [1.165, 1.54) is 11.8 Å². The van der Waals surface area contributed by atoms with Crippen LogP contribution in [0.1, 0.15) is 44.1 Å². The van der Waals surface area contributed by atoms with E-state index in [9.17, 15) is 9.18 Å². The van der Waals surface area contributed by atoms with E-state index in [1.807, 2.05) is 12.1 Å². The van der Waals surface area contributed by atoms with E-state index in [0.29, 0.717) is 0 Å². The number of rotatable bonds is 2. The van der Waals surface area contributed by atoms with E-state index < -0.39 is 0 Å². The number of carbonyl (C=O) groups is 1. The maximum Gasteiger partial charge on any atom is 0.126 e. The Balaban J connectivity index is 1.90. The Hall–Kier alpha value is -1.18. The van der Waals surface area contributed by atoms with Crippen molar-refractivity contribution in [3.63, 3.8) is 0 Å². The van der Waals surface area contributed by atoms with Gasteiger partial charge in [0.25, 0.3) is 0 Å². The van der Waals surface area contributed by atoms with Crippen LogP contribution < -0.4 is 0 Å². The molecule has 3 aliphatic carbocycles. The minimum Gasteiger partial charge on any atom is -0.303 e. The standard InChI is InChI=1S/C15H17FO/c16-13-3-1-12(2-4-13)15-8-5-14(11-17,6-9-15)7-10-15/h1-4,11H,5-10H2. The van der Waals surface area contributed by atoms with Gasteiger partial charge in [0.1, 0.15) is 12.1 Å². The first-order valence-electron chi connectivity index (χ1n) is 6.41. The Kier molecular flexibility index (Phi) is 2.35. The van der Waals surface area contributed by atoms with Gasteiger partial charge >= 0.3 is 0 Å². The molecular weight excluding hydrogens is 215 g/mol. The lowest BCUT2D eigenvalue weighted by Crippen LogP contribution is -2.44. The summed E-state index contributed by atoms with van der Waals surface area (Å²) in [6.07, 6.45) is 7.45. The molecule has 3 fully saturated rings. The van der Waals surface area contributed by atoms with Crippen LogP contribution in [-0.2, 0) is 10.2 Å². The van der Waals surface area contributed by atoms with E-state index in [-0.39, 0.29) is 16.6 Å². The first-order chi connectivity index (χ1) is 8.18. The van der Waals surface area contributed by atoms with Gasteiger partial charge in [-0.1, -0.05) is 12.1 Å². The Labute approximate surface area is 101 Å². The van der Waals surface area contributed by atoms with Crippen molar-refractivity contribution in [2.45, 2.75) is 43.9 Å². The second-order valence-electron chi connectivity index (χ2n) is 5.77. The van der Waals surface area contributed by atoms with Crippen molar-refractivity contribution in [2.75, 3.05) is 0 Å². The molecule has 1 aromatic carbocycles. The number of aldehydes is 1. The van der Waals surface area contributed by atoms with Gasteiger partial charge in [0.15, 0.2) is 0 Å². The molecule has 0 spiro atoms. The van der Waals surface area contributed by atoms with Crippen molar-refractivity contribution >= 4 is 6.29 Å². The summed E-state index contributed by atoms with van der Waals surface area (Å²) in [4.78, 5) is 11.2. The Morgan fingerprint density at radius 2 is 1.47 bits per heavy atom. The smallest absolute Gasteiger partial charge is 0.126 e. The first kappa shape index (κ1) is 10.9. The fourth-order valence-electron chi connectivity index (χ4n) is 3.63. The normalized spacial score (nSPS) is 35.8. The lowest BCUT2D eigenvalue weighted by molar-refractivity contribution is -0.122. The molecule has 0 heterocycles. The van der Waals surface area contributed by atoms with E-state index in [1.54, 1.807) is 12.1 Å². The molecule has 0 saturated heterocycles. The Morgan fingerprint density at radius 1 is 0.941 bits per heavy atom. The van der Waals surface area contributed by atoms with Gasteiger partial charge in [-0.3, -0.25) is 0 Å². The van der Waals surface area contributed by atoms with Gasteiger partial charge < -0.3 is 4.79 Å².